The zero-order valence-electron chi connectivity index (χ0n) is 81.6. The number of hydrogen-bond donors (Lipinski definition) is 24. The Balaban J connectivity index is 1.74. The number of aliphatic hydroxyl groups excluding tert-OH is 1. The van der Waals surface area contributed by atoms with Crippen LogP contribution in [0.2, 0.25) is 0 Å². The Hall–Kier alpha value is -12.7. The third kappa shape index (κ3) is 42.7. The highest BCUT2D eigenvalue weighted by Crippen LogP contribution is 2.31. The lowest BCUT2D eigenvalue weighted by Crippen LogP contribution is -2.59. The summed E-state index contributed by atoms with van der Waals surface area (Å²) in [4.78, 5) is 335. The number of carboxylic acids is 6. The number of aromatic hydroxyl groups is 1. The van der Waals surface area contributed by atoms with Gasteiger partial charge in [0, 0.05) is 61.9 Å². The Morgan fingerprint density at radius 3 is 1.44 bits per heavy atom. The van der Waals surface area contributed by atoms with Crippen molar-refractivity contribution in [2.24, 2.45) is 69.7 Å². The van der Waals surface area contributed by atoms with E-state index >= 15 is 0 Å². The number of benzene rings is 1. The van der Waals surface area contributed by atoms with Gasteiger partial charge in [-0.05, 0) is 123 Å². The van der Waals surface area contributed by atoms with Crippen LogP contribution < -0.4 is 80.6 Å². The molecule has 3 heterocycles. The van der Waals surface area contributed by atoms with E-state index in [9.17, 15) is 156 Å². The van der Waals surface area contributed by atoms with Crippen LogP contribution in [0.3, 0.4) is 0 Å². The van der Waals surface area contributed by atoms with E-state index in [0.717, 1.165) is 23.1 Å². The molecule has 0 fully saturated rings. The summed E-state index contributed by atoms with van der Waals surface area (Å²) in [6.45, 7) is 12.2. The Labute approximate surface area is 844 Å². The number of thioether (sulfide) groups is 1. The van der Waals surface area contributed by atoms with Crippen LogP contribution in [0.4, 0.5) is 0 Å². The number of aliphatic carboxylic acids is 6. The maximum absolute atomic E-state index is 15.0. The van der Waals surface area contributed by atoms with E-state index in [1.807, 2.05) is 5.32 Å². The largest absolute Gasteiger partial charge is 0.508 e. The molecule has 1 aromatic heterocycles. The quantitative estimate of drug-likeness (QED) is 0.0252. The number of thiophene rings is 1. The van der Waals surface area contributed by atoms with Gasteiger partial charge in [-0.3, -0.25) is 115 Å². The molecule has 1 aromatic carbocycles. The minimum Gasteiger partial charge on any atom is -0.508 e. The van der Waals surface area contributed by atoms with Gasteiger partial charge in [-0.25, -0.2) is 4.79 Å². The van der Waals surface area contributed by atoms with E-state index in [-0.39, 0.29) is 92.3 Å². The maximum Gasteiger partial charge on any atom is 0.326 e. The summed E-state index contributed by atoms with van der Waals surface area (Å²) in [5.74, 6) is -40.5. The minimum atomic E-state index is -2.20. The van der Waals surface area contributed by atoms with Gasteiger partial charge >= 0.3 is 35.8 Å². The van der Waals surface area contributed by atoms with Crippen LogP contribution in [0.15, 0.2) is 40.7 Å². The van der Waals surface area contributed by atoms with Crippen LogP contribution in [-0.4, -0.2) is 304 Å². The number of carbonyl (C=O) groups is 24. The molecule has 13 amide bonds. The van der Waals surface area contributed by atoms with Crippen molar-refractivity contribution in [1.29, 1.82) is 0 Å². The Kier molecular flexibility index (Phi) is 53.2. The first kappa shape index (κ1) is 124. The summed E-state index contributed by atoms with van der Waals surface area (Å²) >= 11 is 6.49. The van der Waals surface area contributed by atoms with Gasteiger partial charge in [-0.1, -0.05) is 86.8 Å². The molecule has 25 N–H and O–H groups in total. The molecule has 2 unspecified atom stereocenters. The van der Waals surface area contributed by atoms with E-state index in [1.165, 1.54) is 50.4 Å². The monoisotopic (exact) mass is 2080 g/mol. The number of aliphatic hydroxyl groups is 1. The fourth-order valence-corrected chi connectivity index (χ4v) is 17.8. The van der Waals surface area contributed by atoms with Crippen molar-refractivity contribution in [2.45, 2.75) is 270 Å². The van der Waals surface area contributed by atoms with Gasteiger partial charge in [-0.15, -0.1) is 23.1 Å². The first-order valence-electron chi connectivity index (χ1n) is 47.3. The molecular weight excluding hydrogens is 1950 g/mol. The number of hydrogen-bond acceptors (Lipinski definition) is 32. The average Bonchev–Trinajstić information content (AvgIpc) is 1.66. The van der Waals surface area contributed by atoms with Crippen LogP contribution in [-0.2, 0) is 128 Å². The zero-order chi connectivity index (χ0) is 108. The summed E-state index contributed by atoms with van der Waals surface area (Å²) in [6, 6.07) is -12.9. The number of aliphatic imine (C=N–C) groups is 1. The summed E-state index contributed by atoms with van der Waals surface area (Å²) < 4.78 is 0. The molecule has 2 aliphatic heterocycles. The lowest BCUT2D eigenvalue weighted by molar-refractivity contribution is -0.146. The van der Waals surface area contributed by atoms with Crippen LogP contribution in [0.25, 0.3) is 0 Å². The number of Topliss-reactive ketones (excluding diaryl/α,β-unsaturated/α-hetero) is 5. The number of nitrogens with one attached hydrogen (secondary N) is 13. The predicted molar refractivity (Wildman–Crippen MR) is 520 cm³/mol. The molecule has 0 saturated carbocycles. The summed E-state index contributed by atoms with van der Waals surface area (Å²) in [5.41, 5.74) is 11.7. The molecule has 51 heteroatoms. The van der Waals surface area contributed by atoms with Crippen molar-refractivity contribution in [1.82, 2.24) is 69.1 Å². The third-order valence-electron chi connectivity index (χ3n) is 24.1. The fourth-order valence-electron chi connectivity index (χ4n) is 15.5. The zero-order valence-corrected chi connectivity index (χ0v) is 84.2. The van der Waals surface area contributed by atoms with Crippen molar-refractivity contribution in [3.63, 3.8) is 0 Å². The van der Waals surface area contributed by atoms with Gasteiger partial charge in [0.15, 0.2) is 28.9 Å². The molecule has 0 saturated heterocycles. The number of carboxylic acid groups (broad SMARTS) is 6. The van der Waals surface area contributed by atoms with E-state index in [4.69, 9.17) is 11.5 Å². The summed E-state index contributed by atoms with van der Waals surface area (Å²) in [7, 11) is 0. The van der Waals surface area contributed by atoms with Gasteiger partial charge in [0.05, 0.1) is 98.6 Å². The van der Waals surface area contributed by atoms with Gasteiger partial charge in [0.1, 0.15) is 59.1 Å². The maximum atomic E-state index is 15.0. The fraction of sp³-hybridized carbons (Fsp3) is 0.624. The molecule has 2 aromatic rings. The first-order chi connectivity index (χ1) is 67.8. The molecule has 19 atom stereocenters. The topological polar surface area (TPSA) is 792 Å². The van der Waals surface area contributed by atoms with Crippen molar-refractivity contribution >= 4 is 182 Å². The number of unbranched alkanes of at least 4 members (excludes halogenated alkanes) is 2. The van der Waals surface area contributed by atoms with E-state index in [1.54, 1.807) is 47.6 Å². The van der Waals surface area contributed by atoms with Crippen LogP contribution >= 0.6 is 35.7 Å². The lowest BCUT2D eigenvalue weighted by atomic mass is 9.83. The highest BCUT2D eigenvalue weighted by atomic mass is 32.2. The Morgan fingerprint density at radius 1 is 0.493 bits per heavy atom. The van der Waals surface area contributed by atoms with E-state index < -0.39 is 352 Å². The third-order valence-corrected chi connectivity index (χ3v) is 26.7. The number of fused-ring (bicyclic) bond motifs is 4. The molecule has 0 spiro atoms. The Bertz CT molecular complexity index is 4940. The number of carbonyl (C=O) groups excluding carboxylic acids is 18. The molecule has 0 radical (unpaired) electrons. The predicted octanol–water partition coefficient (Wildman–Crippen LogP) is -1.99. The van der Waals surface area contributed by atoms with Crippen molar-refractivity contribution in [2.75, 3.05) is 44.3 Å². The number of thiol groups is 1. The highest BCUT2D eigenvalue weighted by molar-refractivity contribution is 8.15. The van der Waals surface area contributed by atoms with Gasteiger partial charge < -0.3 is 121 Å². The van der Waals surface area contributed by atoms with Crippen LogP contribution in [0.1, 0.15) is 200 Å². The summed E-state index contributed by atoms with van der Waals surface area (Å²) in [6.07, 6.45) is -11.1. The van der Waals surface area contributed by atoms with Gasteiger partial charge in [0.2, 0.25) is 76.8 Å². The summed E-state index contributed by atoms with van der Waals surface area (Å²) in [5, 5.41) is 114. The number of nitrogens with two attached hydrogens (primary N) is 2. The van der Waals surface area contributed by atoms with Gasteiger partial charge in [-0.2, -0.15) is 12.6 Å². The van der Waals surface area contributed by atoms with Crippen LogP contribution in [0, 0.1) is 53.3 Å². The average molecular weight is 2090 g/mol. The number of rotatable bonds is 52. The highest BCUT2D eigenvalue weighted by Gasteiger charge is 2.43. The second-order valence-corrected chi connectivity index (χ2v) is 38.8. The lowest BCUT2D eigenvalue weighted by Gasteiger charge is -2.28. The second kappa shape index (κ2) is 62.1. The number of phenolic OH excluding ortho intramolecular Hbond substituents is 1. The molecule has 144 heavy (non-hydrogen) atoms. The normalized spacial score (nSPS) is 20.7. The molecule has 4 bridgehead atoms. The van der Waals surface area contributed by atoms with Gasteiger partial charge in [0.25, 0.3) is 0 Å². The molecule has 0 aliphatic carbocycles. The smallest absolute Gasteiger partial charge is 0.326 e. The molecule has 4 rings (SSSR count). The standard InChI is InChI=1S/C93H136N16O32S3/c1-10-46(7)56-35-70(116)80(47(8)11-2)109-81(129)48(9)98-90(138)65-43-144-92(107-65)71-27-50(42-143-71)26-62(100-73(118)39-97-91(139)79(45(5)6)108-89(137)64(41-142)106-87(135)61(24-44(3)4)99-72(117)38-96-86(56)134)88(136)105-63(40-110)69(115)31-54(34-76(123)124)84(132)102-58(25-49-18-20-55(111)21-19-49)66(112)28-51(16-12-14-22-94)82(130)103-59(36-77(125)126)67(113)30-53(33-75(121)122)85(133)104-60(37-78(127)128)68(114)29-52(32-74(119)120)83(131)101-57(93(140)141)17-13-15-23-95/h18-21,27,42,44-48,51-54,56-65,79-80,110-111,142H,10-17,22-26,28-41,43,94-95H2,1-9H3,(H,96,134)(H,97,139)(H,98,138)(H,99,117)(H,100,118)(H,101,131)(H,102,132)(H,103,130)(H,104,133)(H,105,136)(H,106,135)(H,108,137)(H,109,129)(H,119,120)(H,121,122)(H,123,124)(H,125,126)(H,127,128)(H,140,141)/t46?,47?,48-,51+,52-,53-,54-,56-,57-,58-,59-,60-,61-,62-,63-,64-,65-,79-,80-/m0/s1. The molecule has 2 aliphatic rings. The van der Waals surface area contributed by atoms with Crippen molar-refractivity contribution in [3.8, 4) is 5.75 Å². The molecule has 798 valence electrons. The van der Waals surface area contributed by atoms with E-state index in [2.05, 4.69) is 81.4 Å². The number of amides is 13. The second-order valence-electron chi connectivity index (χ2n) is 36.6. The molecular formula is C93H136N16O32S3. The number of phenols is 1. The SMILES string of the molecule is CCC(C)[C@@H]1CC(=O)[C@H](C(C)CC)NC(=O)[C@H](C)NC(=O)[C@@H]2CSC(=N2)c2cc(cs2)C[C@@H](C(=O)N[C@@H](CO)C(=O)C[C@@H](CC(=O)O)C(=O)N[C@@H](Cc2ccc(O)cc2)C(=O)C[C@@H](CCCCN)C(=O)N[C@@H](CC(=O)O)C(=O)C[C@@H](CC(=O)O)C(=O)N[C@@H](CC(=O)O)C(=O)C[C@@H](CC(=O)O)C(=O)N[C@@H](CCCCN)C(=O)O)NC(=O)CNC(=O)[C@H](C(C)C)NC(=O)[C@H](CS)NC(=O)[C@H](CC(C)C)NC(=O)CNC1=O. The van der Waals surface area contributed by atoms with Crippen molar-refractivity contribution in [3.05, 3.63) is 51.7 Å². The number of ketones is 5. The number of nitrogens with zero attached hydrogens (tertiary/aromatic N) is 1. The van der Waals surface area contributed by atoms with E-state index in [0.29, 0.717) is 29.2 Å². The van der Waals surface area contributed by atoms with Crippen molar-refractivity contribution < 1.29 is 156 Å². The Morgan fingerprint density at radius 2 is 0.958 bits per heavy atom. The van der Waals surface area contributed by atoms with Crippen LogP contribution in [0.5, 0.6) is 5.75 Å². The first-order valence-corrected chi connectivity index (χ1v) is 49.8. The molecule has 48 nitrogen and oxygen atoms in total. The minimum absolute atomic E-state index is 0.0127.